The molecule has 1 fully saturated rings. The summed E-state index contributed by atoms with van der Waals surface area (Å²) in [6.07, 6.45) is 1.82. The summed E-state index contributed by atoms with van der Waals surface area (Å²) in [7, 11) is 0. The molecule has 6 nitrogen and oxygen atoms in total. The molecule has 0 saturated carbocycles. The molecule has 2 rings (SSSR count). The summed E-state index contributed by atoms with van der Waals surface area (Å²) < 4.78 is 11.2. The molecule has 0 spiro atoms. The van der Waals surface area contributed by atoms with Crippen LogP contribution >= 0.6 is 0 Å². The fourth-order valence-electron chi connectivity index (χ4n) is 2.12. The van der Waals surface area contributed by atoms with E-state index in [9.17, 15) is 10.1 Å². The Hall–Kier alpha value is -1.66. The Kier molecular flexibility index (Phi) is 4.70. The predicted molar refractivity (Wildman–Crippen MR) is 70.1 cm³/mol. The summed E-state index contributed by atoms with van der Waals surface area (Å²) in [6.45, 7) is 0.357. The minimum atomic E-state index is -0.624. The minimum absolute atomic E-state index is 0.288. The third-order valence-electron chi connectivity index (χ3n) is 3.05. The zero-order chi connectivity index (χ0) is 13.7. The van der Waals surface area contributed by atoms with Crippen LogP contribution in [0.25, 0.3) is 0 Å². The van der Waals surface area contributed by atoms with Gasteiger partial charge < -0.3 is 15.2 Å². The van der Waals surface area contributed by atoms with Gasteiger partial charge in [0, 0.05) is 17.2 Å². The van der Waals surface area contributed by atoms with Gasteiger partial charge in [-0.1, -0.05) is 12.1 Å². The second-order valence-corrected chi connectivity index (χ2v) is 4.61. The quantitative estimate of drug-likeness (QED) is 0.501. The van der Waals surface area contributed by atoms with Crippen LogP contribution < -0.4 is 5.73 Å². The maximum absolute atomic E-state index is 10.8. The first-order valence-corrected chi connectivity index (χ1v) is 6.39. The molecule has 6 heteroatoms. The number of hydrogen-bond donors (Lipinski definition) is 1. The lowest BCUT2D eigenvalue weighted by molar-refractivity contribution is -0.495. The SMILES string of the molecule is Nc1cccc([C@H](C[N+](=O)[O-])O[C@@H]2CCCCO2)c1. The van der Waals surface area contributed by atoms with Gasteiger partial charge in [0.2, 0.25) is 6.54 Å². The zero-order valence-electron chi connectivity index (χ0n) is 10.7. The molecular formula is C13H18N2O4. The van der Waals surface area contributed by atoms with E-state index in [-0.39, 0.29) is 17.8 Å². The van der Waals surface area contributed by atoms with E-state index in [1.807, 2.05) is 0 Å². The van der Waals surface area contributed by atoms with Gasteiger partial charge in [-0.3, -0.25) is 10.1 Å². The lowest BCUT2D eigenvalue weighted by atomic mass is 10.1. The van der Waals surface area contributed by atoms with Crippen molar-refractivity contribution in [2.24, 2.45) is 0 Å². The van der Waals surface area contributed by atoms with Crippen molar-refractivity contribution in [1.29, 1.82) is 0 Å². The van der Waals surface area contributed by atoms with E-state index in [0.29, 0.717) is 17.9 Å². The maximum atomic E-state index is 10.8. The number of hydrogen-bond acceptors (Lipinski definition) is 5. The minimum Gasteiger partial charge on any atom is -0.399 e. The number of nitrogens with two attached hydrogens (primary N) is 1. The number of benzene rings is 1. The third-order valence-corrected chi connectivity index (χ3v) is 3.05. The van der Waals surface area contributed by atoms with Crippen molar-refractivity contribution in [1.82, 2.24) is 0 Å². The van der Waals surface area contributed by atoms with Gasteiger partial charge in [0.15, 0.2) is 12.4 Å². The van der Waals surface area contributed by atoms with Crippen LogP contribution in [0.3, 0.4) is 0 Å². The molecule has 2 atom stereocenters. The van der Waals surface area contributed by atoms with Crippen LogP contribution in [0.4, 0.5) is 5.69 Å². The standard InChI is InChI=1S/C13H18N2O4/c14-11-5-3-4-10(8-11)12(9-15(16)17)19-13-6-1-2-7-18-13/h3-5,8,12-13H,1-2,6-7,9,14H2/t12-,13+/m0/s1. The van der Waals surface area contributed by atoms with Crippen molar-refractivity contribution in [2.45, 2.75) is 31.7 Å². The molecule has 19 heavy (non-hydrogen) atoms. The van der Waals surface area contributed by atoms with Crippen molar-refractivity contribution in [3.63, 3.8) is 0 Å². The summed E-state index contributed by atoms with van der Waals surface area (Å²) >= 11 is 0. The molecule has 0 unspecified atom stereocenters. The molecule has 1 aliphatic rings. The molecule has 0 radical (unpaired) electrons. The second-order valence-electron chi connectivity index (χ2n) is 4.61. The lowest BCUT2D eigenvalue weighted by Crippen LogP contribution is -2.27. The highest BCUT2D eigenvalue weighted by molar-refractivity contribution is 5.41. The largest absolute Gasteiger partial charge is 0.399 e. The van der Waals surface area contributed by atoms with E-state index in [4.69, 9.17) is 15.2 Å². The van der Waals surface area contributed by atoms with E-state index in [1.54, 1.807) is 24.3 Å². The van der Waals surface area contributed by atoms with Crippen LogP contribution in [0, 0.1) is 10.1 Å². The molecule has 2 N–H and O–H groups in total. The number of nitrogens with zero attached hydrogens (tertiary/aromatic N) is 1. The Bertz CT molecular complexity index is 432. The smallest absolute Gasteiger partial charge is 0.233 e. The monoisotopic (exact) mass is 266 g/mol. The van der Waals surface area contributed by atoms with E-state index in [1.165, 1.54) is 0 Å². The van der Waals surface area contributed by atoms with Crippen LogP contribution in [0.1, 0.15) is 30.9 Å². The van der Waals surface area contributed by atoms with Gasteiger partial charge in [-0.2, -0.15) is 0 Å². The van der Waals surface area contributed by atoms with Crippen LogP contribution in [0.5, 0.6) is 0 Å². The molecule has 1 saturated heterocycles. The first-order chi connectivity index (χ1) is 9.15. The van der Waals surface area contributed by atoms with Crippen molar-refractivity contribution in [3.05, 3.63) is 39.9 Å². The van der Waals surface area contributed by atoms with Gasteiger partial charge in [0.05, 0.1) is 0 Å². The summed E-state index contributed by atoms with van der Waals surface area (Å²) in [6, 6.07) is 7.00. The van der Waals surface area contributed by atoms with Gasteiger partial charge in [0.1, 0.15) is 0 Å². The molecule has 1 aliphatic heterocycles. The van der Waals surface area contributed by atoms with Crippen LogP contribution in [0.15, 0.2) is 24.3 Å². The van der Waals surface area contributed by atoms with Crippen molar-refractivity contribution >= 4 is 5.69 Å². The fourth-order valence-corrected chi connectivity index (χ4v) is 2.12. The summed E-state index contributed by atoms with van der Waals surface area (Å²) in [5, 5.41) is 10.8. The molecule has 1 aromatic carbocycles. The first kappa shape index (κ1) is 13.8. The number of nitrogen functional groups attached to an aromatic ring is 1. The topological polar surface area (TPSA) is 87.6 Å². The van der Waals surface area contributed by atoms with Gasteiger partial charge >= 0.3 is 0 Å². The Balaban J connectivity index is 2.08. The Morgan fingerprint density at radius 3 is 3.00 bits per heavy atom. The van der Waals surface area contributed by atoms with Crippen LogP contribution in [-0.4, -0.2) is 24.4 Å². The van der Waals surface area contributed by atoms with Gasteiger partial charge in [-0.15, -0.1) is 0 Å². The predicted octanol–water partition coefficient (Wildman–Crippen LogP) is 2.13. The fraction of sp³-hybridized carbons (Fsp3) is 0.538. The van der Waals surface area contributed by atoms with Crippen LogP contribution in [-0.2, 0) is 9.47 Å². The highest BCUT2D eigenvalue weighted by atomic mass is 16.7. The van der Waals surface area contributed by atoms with E-state index >= 15 is 0 Å². The van der Waals surface area contributed by atoms with Gasteiger partial charge in [-0.05, 0) is 37.0 Å². The molecule has 1 aromatic rings. The highest BCUT2D eigenvalue weighted by Gasteiger charge is 2.25. The van der Waals surface area contributed by atoms with E-state index in [2.05, 4.69) is 0 Å². The first-order valence-electron chi connectivity index (χ1n) is 6.39. The number of rotatable bonds is 5. The lowest BCUT2D eigenvalue weighted by Gasteiger charge is -2.26. The summed E-state index contributed by atoms with van der Waals surface area (Å²) in [5.74, 6) is 0. The Morgan fingerprint density at radius 1 is 1.53 bits per heavy atom. The average molecular weight is 266 g/mol. The highest BCUT2D eigenvalue weighted by Crippen LogP contribution is 2.25. The summed E-state index contributed by atoms with van der Waals surface area (Å²) in [5.41, 5.74) is 6.99. The van der Waals surface area contributed by atoms with Crippen molar-refractivity contribution in [2.75, 3.05) is 18.9 Å². The average Bonchev–Trinajstić information content (AvgIpc) is 2.39. The van der Waals surface area contributed by atoms with Crippen LogP contribution in [0.2, 0.25) is 0 Å². The normalized spacial score (nSPS) is 20.9. The molecular weight excluding hydrogens is 248 g/mol. The third kappa shape index (κ3) is 4.18. The Labute approximate surface area is 111 Å². The number of ether oxygens (including phenoxy) is 2. The Morgan fingerprint density at radius 2 is 2.37 bits per heavy atom. The van der Waals surface area contributed by atoms with Crippen molar-refractivity contribution < 1.29 is 14.4 Å². The molecule has 0 aliphatic carbocycles. The van der Waals surface area contributed by atoms with Gasteiger partial charge in [-0.25, -0.2) is 0 Å². The molecule has 1 heterocycles. The van der Waals surface area contributed by atoms with Gasteiger partial charge in [0.25, 0.3) is 0 Å². The summed E-state index contributed by atoms with van der Waals surface area (Å²) in [4.78, 5) is 10.4. The molecule has 0 aromatic heterocycles. The van der Waals surface area contributed by atoms with E-state index < -0.39 is 6.10 Å². The zero-order valence-corrected chi connectivity index (χ0v) is 10.7. The molecule has 104 valence electrons. The van der Waals surface area contributed by atoms with Crippen molar-refractivity contribution in [3.8, 4) is 0 Å². The second kappa shape index (κ2) is 6.49. The molecule has 0 bridgehead atoms. The number of nitro groups is 1. The van der Waals surface area contributed by atoms with E-state index in [0.717, 1.165) is 19.3 Å². The maximum Gasteiger partial charge on any atom is 0.233 e. The molecule has 0 amide bonds. The number of anilines is 1.